The zero-order valence-corrected chi connectivity index (χ0v) is 12.3. The molecule has 0 amide bonds. The van der Waals surface area contributed by atoms with E-state index in [1.165, 1.54) is 19.9 Å². The highest BCUT2D eigenvalue weighted by Gasteiger charge is 2.32. The van der Waals surface area contributed by atoms with Crippen molar-refractivity contribution in [3.05, 3.63) is 24.1 Å². The lowest BCUT2D eigenvalue weighted by Gasteiger charge is -2.22. The van der Waals surface area contributed by atoms with Gasteiger partial charge in [0.25, 0.3) is 10.0 Å². The summed E-state index contributed by atoms with van der Waals surface area (Å²) in [7, 11) is -7.64. The van der Waals surface area contributed by atoms with E-state index in [1.54, 1.807) is 0 Å². The van der Waals surface area contributed by atoms with E-state index in [0.29, 0.717) is 0 Å². The summed E-state index contributed by atoms with van der Waals surface area (Å²) in [5.74, 6) is -0.993. The number of pyridine rings is 1. The van der Waals surface area contributed by atoms with Crippen molar-refractivity contribution in [2.24, 2.45) is 0 Å². The van der Waals surface area contributed by atoms with E-state index in [1.807, 2.05) is 0 Å². The normalized spacial score (nSPS) is 13.5. The lowest BCUT2D eigenvalue weighted by Crippen LogP contribution is -2.44. The number of hydrogen-bond acceptors (Lipinski definition) is 5. The van der Waals surface area contributed by atoms with Crippen molar-refractivity contribution in [3.8, 4) is 0 Å². The van der Waals surface area contributed by atoms with Crippen LogP contribution in [0.25, 0.3) is 0 Å². The number of rotatable bonds is 5. The molecule has 1 aromatic rings. The Hall–Kier alpha value is -1.06. The number of nitrogens with zero attached hydrogens (tertiary/aromatic N) is 1. The monoisotopic (exact) mass is 310 g/mol. The SMILES string of the molecule is CC(C)(CNS(=O)(=O)c1ncccc1F)S(C)(=O)=O. The van der Waals surface area contributed by atoms with Gasteiger partial charge in [0.15, 0.2) is 15.7 Å². The second-order valence-electron chi connectivity index (χ2n) is 4.65. The maximum atomic E-state index is 13.3. The van der Waals surface area contributed by atoms with Crippen molar-refractivity contribution >= 4 is 19.9 Å². The number of sulfonamides is 1. The quantitative estimate of drug-likeness (QED) is 0.845. The Balaban J connectivity index is 2.99. The summed E-state index contributed by atoms with van der Waals surface area (Å²) in [5.41, 5.74) is 0. The predicted octanol–water partition coefficient (Wildman–Crippen LogP) is 0.322. The Labute approximate surface area is 112 Å². The fraction of sp³-hybridized carbons (Fsp3) is 0.500. The first-order valence-corrected chi connectivity index (χ1v) is 8.65. The minimum atomic E-state index is -4.18. The molecular formula is C10H15FN2O4S2. The third kappa shape index (κ3) is 3.71. The van der Waals surface area contributed by atoms with E-state index in [2.05, 4.69) is 9.71 Å². The number of halogens is 1. The molecule has 6 nitrogen and oxygen atoms in total. The molecule has 0 radical (unpaired) electrons. The Kier molecular flexibility index (Phi) is 4.33. The van der Waals surface area contributed by atoms with Gasteiger partial charge in [0.1, 0.15) is 0 Å². The fourth-order valence-corrected chi connectivity index (χ4v) is 2.67. The van der Waals surface area contributed by atoms with Gasteiger partial charge in [0, 0.05) is 19.0 Å². The molecule has 9 heteroatoms. The van der Waals surface area contributed by atoms with Crippen LogP contribution in [-0.4, -0.2) is 39.4 Å². The molecule has 1 aromatic heterocycles. The third-order valence-corrected chi connectivity index (χ3v) is 6.16. The lowest BCUT2D eigenvalue weighted by atomic mass is 10.2. The highest BCUT2D eigenvalue weighted by Crippen LogP contribution is 2.16. The van der Waals surface area contributed by atoms with Crippen molar-refractivity contribution in [2.45, 2.75) is 23.6 Å². The first kappa shape index (κ1) is 16.0. The zero-order valence-electron chi connectivity index (χ0n) is 10.7. The van der Waals surface area contributed by atoms with Gasteiger partial charge in [0.05, 0.1) is 4.75 Å². The first-order valence-electron chi connectivity index (χ1n) is 5.27. The van der Waals surface area contributed by atoms with Crippen LogP contribution in [0.1, 0.15) is 13.8 Å². The second kappa shape index (κ2) is 5.14. The maximum absolute atomic E-state index is 13.3. The van der Waals surface area contributed by atoms with Crippen molar-refractivity contribution < 1.29 is 21.2 Å². The van der Waals surface area contributed by atoms with Crippen molar-refractivity contribution in [1.82, 2.24) is 9.71 Å². The molecule has 1 rings (SSSR count). The average molecular weight is 310 g/mol. The van der Waals surface area contributed by atoms with Crippen LogP contribution in [0.4, 0.5) is 4.39 Å². The standard InChI is InChI=1S/C10H15FN2O4S2/c1-10(2,18(3,14)15)7-13-19(16,17)9-8(11)5-4-6-12-9/h4-6,13H,7H2,1-3H3. The summed E-state index contributed by atoms with van der Waals surface area (Å²) in [6.07, 6.45) is 2.14. The molecule has 0 aliphatic carbocycles. The van der Waals surface area contributed by atoms with Gasteiger partial charge >= 0.3 is 0 Å². The Morgan fingerprint density at radius 1 is 1.32 bits per heavy atom. The average Bonchev–Trinajstić information content (AvgIpc) is 2.25. The third-order valence-electron chi connectivity index (χ3n) is 2.67. The molecule has 0 bridgehead atoms. The molecule has 0 aromatic carbocycles. The Morgan fingerprint density at radius 2 is 1.89 bits per heavy atom. The Bertz CT molecular complexity index is 669. The van der Waals surface area contributed by atoms with Gasteiger partial charge in [-0.1, -0.05) is 0 Å². The molecule has 0 saturated heterocycles. The summed E-state index contributed by atoms with van der Waals surface area (Å²) in [5, 5.41) is -0.751. The van der Waals surface area contributed by atoms with Crippen LogP contribution >= 0.6 is 0 Å². The van der Waals surface area contributed by atoms with Crippen LogP contribution in [-0.2, 0) is 19.9 Å². The van der Waals surface area contributed by atoms with E-state index in [9.17, 15) is 21.2 Å². The van der Waals surface area contributed by atoms with E-state index in [0.717, 1.165) is 18.5 Å². The molecular weight excluding hydrogens is 295 g/mol. The largest absolute Gasteiger partial charge is 0.261 e. The van der Waals surface area contributed by atoms with Crippen LogP contribution in [0, 0.1) is 5.82 Å². The van der Waals surface area contributed by atoms with Gasteiger partial charge < -0.3 is 0 Å². The zero-order chi connectivity index (χ0) is 14.9. The van der Waals surface area contributed by atoms with Crippen LogP contribution in [0.3, 0.4) is 0 Å². The molecule has 1 heterocycles. The Morgan fingerprint density at radius 3 is 2.37 bits per heavy atom. The lowest BCUT2D eigenvalue weighted by molar-refractivity contribution is 0.526. The predicted molar refractivity (Wildman–Crippen MR) is 68.3 cm³/mol. The number of sulfone groups is 1. The molecule has 0 aliphatic rings. The number of hydrogen-bond donors (Lipinski definition) is 1. The number of aromatic nitrogens is 1. The molecule has 19 heavy (non-hydrogen) atoms. The first-order chi connectivity index (χ1) is 8.47. The fourth-order valence-electron chi connectivity index (χ4n) is 1.04. The van der Waals surface area contributed by atoms with Gasteiger partial charge in [-0.25, -0.2) is 30.9 Å². The summed E-state index contributed by atoms with van der Waals surface area (Å²) >= 11 is 0. The van der Waals surface area contributed by atoms with Gasteiger partial charge in [-0.2, -0.15) is 0 Å². The molecule has 1 N–H and O–H groups in total. The second-order valence-corrected chi connectivity index (χ2v) is 8.98. The van der Waals surface area contributed by atoms with E-state index < -0.39 is 35.5 Å². The highest BCUT2D eigenvalue weighted by molar-refractivity contribution is 7.92. The van der Waals surface area contributed by atoms with E-state index in [4.69, 9.17) is 0 Å². The van der Waals surface area contributed by atoms with E-state index >= 15 is 0 Å². The smallest absolute Gasteiger partial charge is 0.241 e. The summed E-state index contributed by atoms with van der Waals surface area (Å²) in [4.78, 5) is 3.44. The van der Waals surface area contributed by atoms with Gasteiger partial charge in [0.2, 0.25) is 5.03 Å². The molecule has 0 fully saturated rings. The van der Waals surface area contributed by atoms with Gasteiger partial charge in [-0.05, 0) is 26.0 Å². The highest BCUT2D eigenvalue weighted by atomic mass is 32.2. The van der Waals surface area contributed by atoms with E-state index in [-0.39, 0.29) is 6.54 Å². The summed E-state index contributed by atoms with van der Waals surface area (Å²) in [6, 6.07) is 2.22. The van der Waals surface area contributed by atoms with Crippen LogP contribution < -0.4 is 4.72 Å². The molecule has 0 aliphatic heterocycles. The summed E-state index contributed by atoms with van der Waals surface area (Å²) < 4.78 is 60.6. The number of nitrogens with one attached hydrogen (secondary N) is 1. The minimum absolute atomic E-state index is 0.371. The van der Waals surface area contributed by atoms with Crippen molar-refractivity contribution in [3.63, 3.8) is 0 Å². The van der Waals surface area contributed by atoms with Crippen molar-refractivity contribution in [1.29, 1.82) is 0 Å². The topological polar surface area (TPSA) is 93.2 Å². The van der Waals surface area contributed by atoms with Crippen LogP contribution in [0.5, 0.6) is 0 Å². The molecule has 0 unspecified atom stereocenters. The van der Waals surface area contributed by atoms with Crippen molar-refractivity contribution in [2.75, 3.05) is 12.8 Å². The molecule has 0 atom stereocenters. The minimum Gasteiger partial charge on any atom is -0.241 e. The summed E-state index contributed by atoms with van der Waals surface area (Å²) in [6.45, 7) is 2.38. The molecule has 108 valence electrons. The van der Waals surface area contributed by atoms with Gasteiger partial charge in [-0.15, -0.1) is 0 Å². The maximum Gasteiger partial charge on any atom is 0.261 e. The van der Waals surface area contributed by atoms with Crippen LogP contribution in [0.15, 0.2) is 23.4 Å². The molecule has 0 spiro atoms. The molecule has 0 saturated carbocycles. The van der Waals surface area contributed by atoms with Crippen LogP contribution in [0.2, 0.25) is 0 Å². The van der Waals surface area contributed by atoms with Gasteiger partial charge in [-0.3, -0.25) is 0 Å².